The number of hydrogen-bond acceptors (Lipinski definition) is 1. The van der Waals surface area contributed by atoms with Crippen LogP contribution in [0.3, 0.4) is 0 Å². The summed E-state index contributed by atoms with van der Waals surface area (Å²) < 4.78 is 84.9. The van der Waals surface area contributed by atoms with Crippen molar-refractivity contribution in [3.8, 4) is 27.9 Å². The standard InChI is InChI=1S/C52H32F6N2/c53-51(54,55)35-23-19-33(20-24-35)49-42-16-7-8-17-43(42)50(34-21-25-36(26-22-34)52(56,57)58)46-32-39(27-29-44(46)49)59(37-11-3-1-4-12-37)40-28-30-48-45(31-40)41-15-9-10-18-47(41)60(48)38-13-5-2-6-14-38/h1-32H. The molecule has 0 unspecified atom stereocenters. The Hall–Kier alpha value is -7.32. The van der Waals surface area contributed by atoms with Crippen molar-refractivity contribution in [1.29, 1.82) is 0 Å². The number of hydrogen-bond donors (Lipinski definition) is 0. The monoisotopic (exact) mass is 798 g/mol. The average Bonchev–Trinajstić information content (AvgIpc) is 3.59. The van der Waals surface area contributed by atoms with Crippen molar-refractivity contribution >= 4 is 60.4 Å². The molecule has 1 aromatic heterocycles. The minimum Gasteiger partial charge on any atom is -0.310 e. The number of benzene rings is 9. The zero-order valence-electron chi connectivity index (χ0n) is 31.6. The molecule has 292 valence electrons. The van der Waals surface area contributed by atoms with Crippen LogP contribution in [0.2, 0.25) is 0 Å². The fourth-order valence-electron chi connectivity index (χ4n) is 8.56. The van der Waals surface area contributed by atoms with Gasteiger partial charge in [-0.1, -0.05) is 109 Å². The molecule has 0 saturated heterocycles. The van der Waals surface area contributed by atoms with Crippen LogP contribution in [0.25, 0.3) is 71.3 Å². The van der Waals surface area contributed by atoms with Gasteiger partial charge >= 0.3 is 12.4 Å². The zero-order valence-corrected chi connectivity index (χ0v) is 31.6. The van der Waals surface area contributed by atoms with Gasteiger partial charge in [-0.25, -0.2) is 0 Å². The van der Waals surface area contributed by atoms with E-state index in [4.69, 9.17) is 0 Å². The Balaban J connectivity index is 1.25. The Bertz CT molecular complexity index is 3200. The molecule has 0 bridgehead atoms. The summed E-state index contributed by atoms with van der Waals surface area (Å²) in [6.45, 7) is 0. The van der Waals surface area contributed by atoms with Crippen LogP contribution < -0.4 is 4.90 Å². The number of halogens is 6. The zero-order chi connectivity index (χ0) is 41.2. The molecule has 10 aromatic rings. The first kappa shape index (κ1) is 37.0. The van der Waals surface area contributed by atoms with E-state index < -0.39 is 23.5 Å². The summed E-state index contributed by atoms with van der Waals surface area (Å²) in [7, 11) is 0. The molecule has 2 nitrogen and oxygen atoms in total. The van der Waals surface area contributed by atoms with Gasteiger partial charge in [0, 0.05) is 33.5 Å². The molecule has 9 aromatic carbocycles. The van der Waals surface area contributed by atoms with Gasteiger partial charge in [0.1, 0.15) is 0 Å². The second-order valence-electron chi connectivity index (χ2n) is 14.7. The Morgan fingerprint density at radius 3 is 1.33 bits per heavy atom. The van der Waals surface area contributed by atoms with Crippen molar-refractivity contribution < 1.29 is 26.3 Å². The second kappa shape index (κ2) is 14.2. The van der Waals surface area contributed by atoms with E-state index in [1.165, 1.54) is 24.3 Å². The molecule has 0 fully saturated rings. The maximum Gasteiger partial charge on any atom is 0.416 e. The summed E-state index contributed by atoms with van der Waals surface area (Å²) in [5, 5.41) is 5.10. The molecule has 0 N–H and O–H groups in total. The van der Waals surface area contributed by atoms with Crippen LogP contribution in [-0.2, 0) is 12.4 Å². The molecule has 10 rings (SSSR count). The van der Waals surface area contributed by atoms with Gasteiger partial charge in [0.05, 0.1) is 22.2 Å². The lowest BCUT2D eigenvalue weighted by atomic mass is 9.85. The van der Waals surface area contributed by atoms with E-state index >= 15 is 0 Å². The van der Waals surface area contributed by atoms with Gasteiger partial charge in [0.25, 0.3) is 0 Å². The Morgan fingerprint density at radius 1 is 0.333 bits per heavy atom. The van der Waals surface area contributed by atoms with Crippen LogP contribution in [-0.4, -0.2) is 4.57 Å². The first-order valence-electron chi connectivity index (χ1n) is 19.3. The molecular weight excluding hydrogens is 767 g/mol. The van der Waals surface area contributed by atoms with Crippen LogP contribution in [0.1, 0.15) is 11.1 Å². The molecular formula is C52H32F6N2. The fourth-order valence-corrected chi connectivity index (χ4v) is 8.56. The average molecular weight is 799 g/mol. The number of nitrogens with zero attached hydrogens (tertiary/aromatic N) is 2. The van der Waals surface area contributed by atoms with Crippen molar-refractivity contribution in [2.45, 2.75) is 12.4 Å². The van der Waals surface area contributed by atoms with Crippen molar-refractivity contribution in [2.75, 3.05) is 4.90 Å². The van der Waals surface area contributed by atoms with Crippen LogP contribution >= 0.6 is 0 Å². The molecule has 0 aliphatic rings. The van der Waals surface area contributed by atoms with E-state index in [2.05, 4.69) is 51.9 Å². The van der Waals surface area contributed by atoms with Gasteiger partial charge in [0.15, 0.2) is 0 Å². The van der Waals surface area contributed by atoms with Crippen LogP contribution in [0, 0.1) is 0 Å². The number of fused-ring (bicyclic) bond motifs is 5. The Morgan fingerprint density at radius 2 is 0.767 bits per heavy atom. The molecule has 8 heteroatoms. The predicted molar refractivity (Wildman–Crippen MR) is 231 cm³/mol. The highest BCUT2D eigenvalue weighted by Gasteiger charge is 2.31. The molecule has 0 spiro atoms. The summed E-state index contributed by atoms with van der Waals surface area (Å²) in [6.07, 6.45) is -9.03. The van der Waals surface area contributed by atoms with Crippen molar-refractivity contribution in [3.05, 3.63) is 205 Å². The number of anilines is 3. The molecule has 0 aliphatic carbocycles. The maximum absolute atomic E-state index is 13.8. The predicted octanol–water partition coefficient (Wildman–Crippen LogP) is 15.9. The minimum atomic E-state index is -4.52. The van der Waals surface area contributed by atoms with E-state index in [-0.39, 0.29) is 0 Å². The minimum absolute atomic E-state index is 0.571. The molecule has 60 heavy (non-hydrogen) atoms. The third-order valence-corrected chi connectivity index (χ3v) is 11.2. The molecule has 0 atom stereocenters. The number of para-hydroxylation sites is 3. The van der Waals surface area contributed by atoms with E-state index in [1.807, 2.05) is 103 Å². The molecule has 0 amide bonds. The summed E-state index contributed by atoms with van der Waals surface area (Å²) >= 11 is 0. The Kier molecular flexibility index (Phi) is 8.75. The van der Waals surface area contributed by atoms with E-state index in [1.54, 1.807) is 0 Å². The van der Waals surface area contributed by atoms with Crippen molar-refractivity contribution in [2.24, 2.45) is 0 Å². The number of rotatable bonds is 6. The quantitative estimate of drug-likeness (QED) is 0.120. The maximum atomic E-state index is 13.8. The first-order valence-corrected chi connectivity index (χ1v) is 19.3. The Labute approximate surface area is 340 Å². The van der Waals surface area contributed by atoms with Gasteiger partial charge in [-0.05, 0) is 129 Å². The van der Waals surface area contributed by atoms with E-state index in [0.29, 0.717) is 16.7 Å². The van der Waals surface area contributed by atoms with Crippen molar-refractivity contribution in [3.63, 3.8) is 0 Å². The molecule has 1 heterocycles. The second-order valence-corrected chi connectivity index (χ2v) is 14.7. The highest BCUT2D eigenvalue weighted by molar-refractivity contribution is 6.22. The van der Waals surface area contributed by atoms with Crippen LogP contribution in [0.15, 0.2) is 194 Å². The van der Waals surface area contributed by atoms with Gasteiger partial charge in [-0.15, -0.1) is 0 Å². The lowest BCUT2D eigenvalue weighted by molar-refractivity contribution is -0.138. The van der Waals surface area contributed by atoms with Gasteiger partial charge in [-0.2, -0.15) is 26.3 Å². The first-order chi connectivity index (χ1) is 29.0. The fraction of sp³-hybridized carbons (Fsp3) is 0.0385. The summed E-state index contributed by atoms with van der Waals surface area (Å²) in [5.41, 5.74) is 6.74. The molecule has 0 aliphatic heterocycles. The highest BCUT2D eigenvalue weighted by atomic mass is 19.4. The SMILES string of the molecule is FC(F)(F)c1ccc(-c2c3ccccc3c(-c3ccc(C(F)(F)F)cc3)c3cc(N(c4ccccc4)c4ccc5c(c4)c4ccccc4n5-c4ccccc4)ccc23)cc1. The van der Waals surface area contributed by atoms with Gasteiger partial charge in [0.2, 0.25) is 0 Å². The lowest BCUT2D eigenvalue weighted by Gasteiger charge is -2.27. The smallest absolute Gasteiger partial charge is 0.310 e. The summed E-state index contributed by atoms with van der Waals surface area (Å²) in [5.74, 6) is 0. The number of aromatic nitrogens is 1. The number of alkyl halides is 6. The van der Waals surface area contributed by atoms with Crippen LogP contribution in [0.5, 0.6) is 0 Å². The summed E-state index contributed by atoms with van der Waals surface area (Å²) in [4.78, 5) is 2.15. The highest BCUT2D eigenvalue weighted by Crippen LogP contribution is 2.48. The van der Waals surface area contributed by atoms with E-state index in [0.717, 1.165) is 95.9 Å². The summed E-state index contributed by atoms with van der Waals surface area (Å²) in [6, 6.07) is 58.6. The lowest BCUT2D eigenvalue weighted by Crippen LogP contribution is -2.10. The van der Waals surface area contributed by atoms with Gasteiger partial charge < -0.3 is 9.47 Å². The molecule has 0 radical (unpaired) electrons. The third kappa shape index (κ3) is 6.32. The largest absolute Gasteiger partial charge is 0.416 e. The molecule has 0 saturated carbocycles. The normalized spacial score (nSPS) is 12.2. The topological polar surface area (TPSA) is 8.17 Å². The van der Waals surface area contributed by atoms with Gasteiger partial charge in [-0.3, -0.25) is 0 Å². The van der Waals surface area contributed by atoms with Crippen LogP contribution in [0.4, 0.5) is 43.4 Å². The van der Waals surface area contributed by atoms with E-state index in [9.17, 15) is 26.3 Å². The third-order valence-electron chi connectivity index (χ3n) is 11.2. The van der Waals surface area contributed by atoms with Crippen molar-refractivity contribution in [1.82, 2.24) is 4.57 Å².